The first-order valence-corrected chi connectivity index (χ1v) is 13.2. The van der Waals surface area contributed by atoms with Crippen molar-refractivity contribution >= 4 is 33.2 Å². The molecule has 1 saturated heterocycles. The third kappa shape index (κ3) is 5.95. The van der Waals surface area contributed by atoms with E-state index in [0.29, 0.717) is 24.6 Å². The standard InChI is InChI=1S/C29H32BrFN4O/c1-4-24(31)10-6-20(3)22-14-16-34(17-15-22)25-11-7-21(8-12-25)18-32-29(36)28-26(5-2)33-27-13-9-23(30)19-35(27)28/h4,6-13,19,22H,3,5,14-18H2,1-2H3,(H,32,36)/b10-6-,24-4+. The highest BCUT2D eigenvalue weighted by Gasteiger charge is 2.21. The highest BCUT2D eigenvalue weighted by Crippen LogP contribution is 2.28. The zero-order valence-electron chi connectivity index (χ0n) is 20.8. The van der Waals surface area contributed by atoms with Crippen LogP contribution in [0.25, 0.3) is 5.65 Å². The van der Waals surface area contributed by atoms with Gasteiger partial charge in [-0.2, -0.15) is 0 Å². The van der Waals surface area contributed by atoms with Crippen LogP contribution in [-0.4, -0.2) is 28.4 Å². The van der Waals surface area contributed by atoms with Crippen LogP contribution in [0.1, 0.15) is 48.4 Å². The molecule has 1 N–H and O–H groups in total. The van der Waals surface area contributed by atoms with Gasteiger partial charge < -0.3 is 10.2 Å². The normalized spacial score (nSPS) is 15.1. The topological polar surface area (TPSA) is 49.6 Å². The van der Waals surface area contributed by atoms with Crippen molar-refractivity contribution in [2.24, 2.45) is 5.92 Å². The summed E-state index contributed by atoms with van der Waals surface area (Å²) in [4.78, 5) is 20.0. The van der Waals surface area contributed by atoms with Crippen LogP contribution in [0.2, 0.25) is 0 Å². The van der Waals surface area contributed by atoms with Gasteiger partial charge in [-0.1, -0.05) is 43.4 Å². The van der Waals surface area contributed by atoms with Gasteiger partial charge in [0.1, 0.15) is 17.2 Å². The highest BCUT2D eigenvalue weighted by molar-refractivity contribution is 9.10. The van der Waals surface area contributed by atoms with Gasteiger partial charge >= 0.3 is 0 Å². The van der Waals surface area contributed by atoms with Crippen LogP contribution >= 0.6 is 15.9 Å². The molecule has 1 amide bonds. The molecule has 7 heteroatoms. The average molecular weight is 552 g/mol. The Hall–Kier alpha value is -3.19. The Morgan fingerprint density at radius 1 is 1.19 bits per heavy atom. The van der Waals surface area contributed by atoms with Crippen LogP contribution in [0, 0.1) is 5.92 Å². The number of rotatable bonds is 8. The first kappa shape index (κ1) is 25.9. The summed E-state index contributed by atoms with van der Waals surface area (Å²) in [6, 6.07) is 12.2. The van der Waals surface area contributed by atoms with Gasteiger partial charge in [0, 0.05) is 36.0 Å². The monoisotopic (exact) mass is 550 g/mol. The molecule has 0 atom stereocenters. The van der Waals surface area contributed by atoms with Crippen LogP contribution in [0.4, 0.5) is 10.1 Å². The molecular weight excluding hydrogens is 519 g/mol. The molecular formula is C29H32BrFN4O. The van der Waals surface area contributed by atoms with Crippen LogP contribution < -0.4 is 10.2 Å². The number of halogens is 2. The number of pyridine rings is 1. The molecule has 3 aromatic rings. The molecule has 1 aromatic carbocycles. The Bertz CT molecular complexity index is 1300. The zero-order valence-corrected chi connectivity index (χ0v) is 22.4. The Labute approximate surface area is 220 Å². The number of hydrogen-bond acceptors (Lipinski definition) is 3. The maximum Gasteiger partial charge on any atom is 0.270 e. The molecule has 0 aliphatic carbocycles. The fourth-order valence-electron chi connectivity index (χ4n) is 4.57. The molecule has 0 spiro atoms. The maximum absolute atomic E-state index is 13.4. The number of fused-ring (bicyclic) bond motifs is 1. The van der Waals surface area contributed by atoms with Gasteiger partial charge in [0.25, 0.3) is 5.91 Å². The third-order valence-electron chi connectivity index (χ3n) is 6.71. The third-order valence-corrected chi connectivity index (χ3v) is 7.18. The summed E-state index contributed by atoms with van der Waals surface area (Å²) < 4.78 is 16.1. The SMILES string of the molecule is C=C(/C=C\C(F)=C/C)C1CCN(c2ccc(CNC(=O)c3c(CC)nc4ccc(Br)cn34)cc2)CC1. The van der Waals surface area contributed by atoms with E-state index in [1.54, 1.807) is 13.0 Å². The van der Waals surface area contributed by atoms with Gasteiger partial charge in [-0.05, 0) is 83.9 Å². The lowest BCUT2D eigenvalue weighted by atomic mass is 9.89. The predicted octanol–water partition coefficient (Wildman–Crippen LogP) is 6.79. The lowest BCUT2D eigenvalue weighted by Crippen LogP contribution is -2.34. The van der Waals surface area contributed by atoms with E-state index in [4.69, 9.17) is 0 Å². The van der Waals surface area contributed by atoms with Crippen LogP contribution in [0.3, 0.4) is 0 Å². The second-order valence-corrected chi connectivity index (χ2v) is 9.94. The highest BCUT2D eigenvalue weighted by atomic mass is 79.9. The number of aromatic nitrogens is 2. The lowest BCUT2D eigenvalue weighted by molar-refractivity contribution is 0.0944. The van der Waals surface area contributed by atoms with Crippen molar-refractivity contribution in [1.82, 2.24) is 14.7 Å². The molecule has 5 nitrogen and oxygen atoms in total. The van der Waals surface area contributed by atoms with E-state index >= 15 is 0 Å². The number of hydrogen-bond donors (Lipinski definition) is 1. The summed E-state index contributed by atoms with van der Waals surface area (Å²) in [6.07, 6.45) is 9.28. The number of nitrogens with one attached hydrogen (secondary N) is 1. The summed E-state index contributed by atoms with van der Waals surface area (Å²) in [5, 5.41) is 3.05. The summed E-state index contributed by atoms with van der Waals surface area (Å²) in [5.41, 5.74) is 5.33. The van der Waals surface area contributed by atoms with Crippen LogP contribution in [0.5, 0.6) is 0 Å². The van der Waals surface area contributed by atoms with Crippen molar-refractivity contribution in [3.8, 4) is 0 Å². The first-order valence-electron chi connectivity index (χ1n) is 12.4. The van der Waals surface area contributed by atoms with E-state index in [1.807, 2.05) is 29.7 Å². The van der Waals surface area contributed by atoms with E-state index in [2.05, 4.69) is 62.0 Å². The second kappa shape index (κ2) is 11.7. The van der Waals surface area contributed by atoms with Gasteiger partial charge in [0.15, 0.2) is 0 Å². The van der Waals surface area contributed by atoms with Crippen molar-refractivity contribution in [1.29, 1.82) is 0 Å². The zero-order chi connectivity index (χ0) is 25.7. The Morgan fingerprint density at radius 2 is 1.92 bits per heavy atom. The molecule has 0 unspecified atom stereocenters. The molecule has 4 rings (SSSR count). The van der Waals surface area contributed by atoms with Gasteiger partial charge in [0.05, 0.1) is 5.69 Å². The largest absolute Gasteiger partial charge is 0.371 e. The molecule has 1 aliphatic rings. The van der Waals surface area contributed by atoms with Crippen molar-refractivity contribution in [2.75, 3.05) is 18.0 Å². The molecule has 0 radical (unpaired) electrons. The number of imidazole rings is 1. The summed E-state index contributed by atoms with van der Waals surface area (Å²) in [6.45, 7) is 10.1. The van der Waals surface area contributed by atoms with Crippen LogP contribution in [0.15, 0.2) is 83.3 Å². The molecule has 1 aliphatic heterocycles. The molecule has 1 fully saturated rings. The number of piperidine rings is 1. The molecule has 188 valence electrons. The molecule has 0 bridgehead atoms. The van der Waals surface area contributed by atoms with Gasteiger partial charge in [-0.25, -0.2) is 9.37 Å². The smallest absolute Gasteiger partial charge is 0.270 e. The number of benzene rings is 1. The van der Waals surface area contributed by atoms with E-state index in [9.17, 15) is 9.18 Å². The Kier molecular flexibility index (Phi) is 8.41. The van der Waals surface area contributed by atoms with Crippen molar-refractivity contribution in [2.45, 2.75) is 39.7 Å². The van der Waals surface area contributed by atoms with Crippen molar-refractivity contribution in [3.05, 3.63) is 100 Å². The Morgan fingerprint density at radius 3 is 2.58 bits per heavy atom. The Balaban J connectivity index is 1.34. The number of aryl methyl sites for hydroxylation is 1. The number of carbonyl (C=O) groups excluding carboxylic acids is 1. The van der Waals surface area contributed by atoms with Crippen LogP contribution in [-0.2, 0) is 13.0 Å². The average Bonchev–Trinajstić information content (AvgIpc) is 3.28. The summed E-state index contributed by atoms with van der Waals surface area (Å²) in [7, 11) is 0. The fourth-order valence-corrected chi connectivity index (χ4v) is 4.91. The number of carbonyl (C=O) groups is 1. The van der Waals surface area contributed by atoms with Gasteiger partial charge in [0.2, 0.25) is 0 Å². The first-order chi connectivity index (χ1) is 17.4. The fraction of sp³-hybridized carbons (Fsp3) is 0.310. The van der Waals surface area contributed by atoms with Gasteiger partial charge in [-0.3, -0.25) is 9.20 Å². The number of nitrogens with zero attached hydrogens (tertiary/aromatic N) is 3. The van der Waals surface area contributed by atoms with E-state index < -0.39 is 0 Å². The van der Waals surface area contributed by atoms with E-state index in [0.717, 1.165) is 52.9 Å². The quantitative estimate of drug-likeness (QED) is 0.314. The lowest BCUT2D eigenvalue weighted by Gasteiger charge is -2.34. The van der Waals surface area contributed by atoms with E-state index in [1.165, 1.54) is 17.8 Å². The molecule has 2 aromatic heterocycles. The summed E-state index contributed by atoms with van der Waals surface area (Å²) in [5.74, 6) is 0.0133. The maximum atomic E-state index is 13.4. The minimum atomic E-state index is -0.234. The van der Waals surface area contributed by atoms with Crippen molar-refractivity contribution in [3.63, 3.8) is 0 Å². The summed E-state index contributed by atoms with van der Waals surface area (Å²) >= 11 is 3.48. The predicted molar refractivity (Wildman–Crippen MR) is 148 cm³/mol. The molecule has 0 saturated carbocycles. The number of allylic oxidation sites excluding steroid dienone is 5. The second-order valence-electron chi connectivity index (χ2n) is 9.03. The number of amides is 1. The molecule has 36 heavy (non-hydrogen) atoms. The minimum absolute atomic E-state index is 0.132. The molecule has 3 heterocycles. The van der Waals surface area contributed by atoms with E-state index in [-0.39, 0.29) is 11.7 Å². The minimum Gasteiger partial charge on any atom is -0.371 e. The van der Waals surface area contributed by atoms with Gasteiger partial charge in [-0.15, -0.1) is 0 Å². The number of anilines is 1. The van der Waals surface area contributed by atoms with Crippen molar-refractivity contribution < 1.29 is 9.18 Å².